The Kier molecular flexibility index (Phi) is 3.62. The molecule has 19 heavy (non-hydrogen) atoms. The zero-order chi connectivity index (χ0) is 14.0. The second kappa shape index (κ2) is 5.19. The monoisotopic (exact) mass is 262 g/mol. The molecule has 1 aromatic rings. The molecule has 0 bridgehead atoms. The lowest BCUT2D eigenvalue weighted by molar-refractivity contribution is -0.139. The van der Waals surface area contributed by atoms with E-state index in [2.05, 4.69) is 5.32 Å². The molecule has 1 fully saturated rings. The number of hydrogen-bond acceptors (Lipinski definition) is 4. The second-order valence-electron chi connectivity index (χ2n) is 4.50. The van der Waals surface area contributed by atoms with E-state index < -0.39 is 5.97 Å². The first-order valence-electron chi connectivity index (χ1n) is 5.87. The van der Waals surface area contributed by atoms with E-state index in [1.807, 2.05) is 0 Å². The van der Waals surface area contributed by atoms with E-state index in [0.717, 1.165) is 5.56 Å². The Morgan fingerprint density at radius 1 is 1.37 bits per heavy atom. The number of nitrogens with zero attached hydrogens (tertiary/aromatic N) is 1. The van der Waals surface area contributed by atoms with Crippen molar-refractivity contribution in [3.63, 3.8) is 0 Å². The van der Waals surface area contributed by atoms with Gasteiger partial charge in [0.05, 0.1) is 18.2 Å². The summed E-state index contributed by atoms with van der Waals surface area (Å²) in [6, 6.07) is 6.01. The van der Waals surface area contributed by atoms with E-state index in [0.29, 0.717) is 6.54 Å². The predicted octanol–water partition coefficient (Wildman–Crippen LogP) is 0.232. The van der Waals surface area contributed by atoms with Crippen LogP contribution in [0.2, 0.25) is 0 Å². The summed E-state index contributed by atoms with van der Waals surface area (Å²) in [6.07, 6.45) is 0. The summed E-state index contributed by atoms with van der Waals surface area (Å²) in [5.41, 5.74) is 1.07. The van der Waals surface area contributed by atoms with E-state index >= 15 is 0 Å². The zero-order valence-corrected chi connectivity index (χ0v) is 10.4. The molecule has 0 aromatic heterocycles. The molecule has 6 heteroatoms. The van der Waals surface area contributed by atoms with Crippen molar-refractivity contribution >= 4 is 17.8 Å². The number of aromatic carboxylic acids is 1. The van der Waals surface area contributed by atoms with Gasteiger partial charge in [-0.15, -0.1) is 0 Å². The molecular formula is C13H14N2O4. The molecule has 0 spiro atoms. The minimum absolute atomic E-state index is 0.160. The van der Waals surface area contributed by atoms with Gasteiger partial charge in [0.15, 0.2) is 0 Å². The van der Waals surface area contributed by atoms with Crippen LogP contribution in [0.4, 0.5) is 0 Å². The number of carbonyl (C=O) groups excluding carboxylic acids is 2. The molecule has 6 nitrogen and oxygen atoms in total. The Balaban J connectivity index is 2.09. The molecule has 2 rings (SSSR count). The van der Waals surface area contributed by atoms with E-state index in [4.69, 9.17) is 5.11 Å². The molecule has 1 aliphatic heterocycles. The fourth-order valence-corrected chi connectivity index (χ4v) is 1.95. The van der Waals surface area contributed by atoms with Crippen molar-refractivity contribution < 1.29 is 19.5 Å². The number of benzene rings is 1. The quantitative estimate of drug-likeness (QED) is 0.762. The SMILES string of the molecule is CC1C(=O)NC(=O)CN1Cc1ccc(C(=O)O)cc1. The van der Waals surface area contributed by atoms with Gasteiger partial charge in [0, 0.05) is 6.54 Å². The molecule has 1 aliphatic rings. The largest absolute Gasteiger partial charge is 0.478 e. The molecule has 2 N–H and O–H groups in total. The van der Waals surface area contributed by atoms with Crippen LogP contribution >= 0.6 is 0 Å². The minimum atomic E-state index is -0.979. The van der Waals surface area contributed by atoms with Gasteiger partial charge in [-0.1, -0.05) is 12.1 Å². The summed E-state index contributed by atoms with van der Waals surface area (Å²) in [4.78, 5) is 35.3. The maximum atomic E-state index is 11.5. The lowest BCUT2D eigenvalue weighted by Crippen LogP contribution is -2.56. The van der Waals surface area contributed by atoms with Gasteiger partial charge in [-0.2, -0.15) is 0 Å². The molecular weight excluding hydrogens is 248 g/mol. The lowest BCUT2D eigenvalue weighted by atomic mass is 10.1. The van der Waals surface area contributed by atoms with Gasteiger partial charge >= 0.3 is 5.97 Å². The fraction of sp³-hybridized carbons (Fsp3) is 0.308. The third kappa shape index (κ3) is 2.97. The highest BCUT2D eigenvalue weighted by Crippen LogP contribution is 2.12. The highest BCUT2D eigenvalue weighted by Gasteiger charge is 2.29. The molecule has 0 saturated carbocycles. The Bertz CT molecular complexity index is 524. The first kappa shape index (κ1) is 13.2. The summed E-state index contributed by atoms with van der Waals surface area (Å²) >= 11 is 0. The van der Waals surface area contributed by atoms with Gasteiger partial charge in [-0.3, -0.25) is 19.8 Å². The van der Waals surface area contributed by atoms with E-state index in [9.17, 15) is 14.4 Å². The first-order chi connectivity index (χ1) is 8.97. The Morgan fingerprint density at radius 3 is 2.58 bits per heavy atom. The molecule has 2 amide bonds. The number of hydrogen-bond donors (Lipinski definition) is 2. The molecule has 0 aliphatic carbocycles. The molecule has 1 saturated heterocycles. The average Bonchev–Trinajstić information content (AvgIpc) is 2.36. The molecule has 1 heterocycles. The number of carboxylic acid groups (broad SMARTS) is 1. The van der Waals surface area contributed by atoms with Gasteiger partial charge in [0.25, 0.3) is 0 Å². The second-order valence-corrected chi connectivity index (χ2v) is 4.50. The van der Waals surface area contributed by atoms with Crippen LogP contribution in [0.1, 0.15) is 22.8 Å². The van der Waals surface area contributed by atoms with Crippen molar-refractivity contribution in [2.24, 2.45) is 0 Å². The summed E-state index contributed by atoms with van der Waals surface area (Å²) < 4.78 is 0. The average molecular weight is 262 g/mol. The summed E-state index contributed by atoms with van der Waals surface area (Å²) in [5, 5.41) is 11.1. The van der Waals surface area contributed by atoms with Crippen LogP contribution in [0.5, 0.6) is 0 Å². The molecule has 1 unspecified atom stereocenters. The van der Waals surface area contributed by atoms with Crippen LogP contribution in [-0.2, 0) is 16.1 Å². The van der Waals surface area contributed by atoms with Crippen molar-refractivity contribution in [3.05, 3.63) is 35.4 Å². The number of amides is 2. The maximum Gasteiger partial charge on any atom is 0.335 e. The van der Waals surface area contributed by atoms with Crippen molar-refractivity contribution in [1.29, 1.82) is 0 Å². The van der Waals surface area contributed by atoms with Gasteiger partial charge in [-0.25, -0.2) is 4.79 Å². The van der Waals surface area contributed by atoms with E-state index in [1.54, 1.807) is 24.0 Å². The third-order valence-electron chi connectivity index (χ3n) is 3.12. The Labute approximate surface area is 110 Å². The van der Waals surface area contributed by atoms with Gasteiger partial charge in [0.1, 0.15) is 0 Å². The molecule has 0 radical (unpaired) electrons. The molecule has 1 atom stereocenters. The topological polar surface area (TPSA) is 86.7 Å². The van der Waals surface area contributed by atoms with Crippen molar-refractivity contribution in [1.82, 2.24) is 10.2 Å². The predicted molar refractivity (Wildman–Crippen MR) is 66.4 cm³/mol. The van der Waals surface area contributed by atoms with E-state index in [1.165, 1.54) is 12.1 Å². The van der Waals surface area contributed by atoms with Crippen LogP contribution in [0.3, 0.4) is 0 Å². The van der Waals surface area contributed by atoms with Crippen LogP contribution in [0.15, 0.2) is 24.3 Å². The van der Waals surface area contributed by atoms with Crippen LogP contribution in [-0.4, -0.2) is 40.4 Å². The summed E-state index contributed by atoms with van der Waals surface area (Å²) in [6.45, 7) is 2.32. The summed E-state index contributed by atoms with van der Waals surface area (Å²) in [5.74, 6) is -1.60. The molecule has 100 valence electrons. The third-order valence-corrected chi connectivity index (χ3v) is 3.12. The lowest BCUT2D eigenvalue weighted by Gasteiger charge is -2.31. The molecule has 1 aromatic carbocycles. The Morgan fingerprint density at radius 2 is 2.00 bits per heavy atom. The highest BCUT2D eigenvalue weighted by molar-refractivity contribution is 6.00. The number of piperazine rings is 1. The van der Waals surface area contributed by atoms with Crippen LogP contribution in [0.25, 0.3) is 0 Å². The van der Waals surface area contributed by atoms with Gasteiger partial charge in [0.2, 0.25) is 11.8 Å². The number of nitrogens with one attached hydrogen (secondary N) is 1. The minimum Gasteiger partial charge on any atom is -0.478 e. The standard InChI is InChI=1S/C13H14N2O4/c1-8-12(17)14-11(16)7-15(8)6-9-2-4-10(5-3-9)13(18)19/h2-5,8H,6-7H2,1H3,(H,18,19)(H,14,16,17). The maximum absolute atomic E-state index is 11.5. The van der Waals surface area contributed by atoms with Crippen LogP contribution in [0, 0.1) is 0 Å². The number of rotatable bonds is 3. The van der Waals surface area contributed by atoms with Gasteiger partial charge in [-0.05, 0) is 24.6 Å². The normalized spacial score (nSPS) is 20.2. The fourth-order valence-electron chi connectivity index (χ4n) is 1.95. The van der Waals surface area contributed by atoms with Crippen molar-refractivity contribution in [3.8, 4) is 0 Å². The summed E-state index contributed by atoms with van der Waals surface area (Å²) in [7, 11) is 0. The zero-order valence-electron chi connectivity index (χ0n) is 10.4. The Hall–Kier alpha value is -2.21. The van der Waals surface area contributed by atoms with E-state index in [-0.39, 0.29) is 30.0 Å². The first-order valence-corrected chi connectivity index (χ1v) is 5.87. The smallest absolute Gasteiger partial charge is 0.335 e. The van der Waals surface area contributed by atoms with Crippen molar-refractivity contribution in [2.45, 2.75) is 19.5 Å². The number of imide groups is 1. The van der Waals surface area contributed by atoms with Crippen molar-refractivity contribution in [2.75, 3.05) is 6.54 Å². The van der Waals surface area contributed by atoms with Crippen LogP contribution < -0.4 is 5.32 Å². The number of carboxylic acids is 1. The highest BCUT2D eigenvalue weighted by atomic mass is 16.4. The van der Waals surface area contributed by atoms with Gasteiger partial charge < -0.3 is 5.11 Å². The number of carbonyl (C=O) groups is 3.